The maximum absolute atomic E-state index is 13.1. The number of carbonyl (C=O) groups is 4. The fourth-order valence-corrected chi connectivity index (χ4v) is 11.7. The Hall–Kier alpha value is -4.54. The van der Waals surface area contributed by atoms with Gasteiger partial charge in [0.25, 0.3) is 0 Å². The third-order valence-electron chi connectivity index (χ3n) is 15.9. The Bertz CT molecular complexity index is 2370. The van der Waals surface area contributed by atoms with Crippen LogP contribution in [0.15, 0.2) is 122 Å². The van der Waals surface area contributed by atoms with Gasteiger partial charge in [-0.05, 0) is 128 Å². The summed E-state index contributed by atoms with van der Waals surface area (Å²) in [5, 5.41) is 10.6. The van der Waals surface area contributed by atoms with Crippen molar-refractivity contribution in [2.75, 3.05) is 39.6 Å². The summed E-state index contributed by atoms with van der Waals surface area (Å²) in [7, 11) is -9.96. The number of aliphatic hydroxyl groups is 1. The lowest BCUT2D eigenvalue weighted by atomic mass is 10.1. The van der Waals surface area contributed by atoms with Crippen LogP contribution in [-0.4, -0.2) is 96.7 Å². The molecule has 0 rings (SSSR count). The van der Waals surface area contributed by atoms with E-state index >= 15 is 0 Å². The summed E-state index contributed by atoms with van der Waals surface area (Å²) < 4.78 is 68.5. The standard InChI is InChI=1S/C81H138O17P2/c1-5-9-13-17-21-25-29-32-35-36-37-38-41-43-47-50-54-58-62-66-79(84)91-71-76(97-80(85)67-63-59-55-51-45-28-24-20-16-12-8-4)73-95-99(87,88)93-69-75(82)70-94-100(89,90)96-74-77(98-81(86)68-64-60-56-52-48-44-40-34-31-27-23-19-15-11-7-3)72-92-78(83)65-61-57-53-49-46-42-39-33-30-26-22-18-14-10-6-2/h9-11,13-15,21-23,25-27,32-35,37-40,75-77,82H,5-8,12,16-20,24,28-31,36,41-74H2,1-4H3,(H,87,88)(H,89,90)/b13-9-,14-10-,15-11-,25-21-,26-22-,27-23-,35-32-,38-37-,39-33-,40-34-. The molecule has 0 aliphatic carbocycles. The molecule has 0 aliphatic heterocycles. The summed E-state index contributed by atoms with van der Waals surface area (Å²) in [6.07, 6.45) is 79.0. The first kappa shape index (κ1) is 95.5. The van der Waals surface area contributed by atoms with Crippen LogP contribution in [0.5, 0.6) is 0 Å². The number of ether oxygens (including phenoxy) is 4. The minimum atomic E-state index is -4.98. The number of aliphatic hydroxyl groups excluding tert-OH is 1. The van der Waals surface area contributed by atoms with Crippen molar-refractivity contribution in [1.29, 1.82) is 0 Å². The van der Waals surface area contributed by atoms with Crippen molar-refractivity contribution in [2.24, 2.45) is 0 Å². The van der Waals surface area contributed by atoms with Crippen molar-refractivity contribution in [3.05, 3.63) is 122 Å². The largest absolute Gasteiger partial charge is 0.472 e. The minimum absolute atomic E-state index is 0.0699. The summed E-state index contributed by atoms with van der Waals surface area (Å²) in [5.41, 5.74) is 0. The summed E-state index contributed by atoms with van der Waals surface area (Å²) in [4.78, 5) is 72.9. The zero-order valence-electron chi connectivity index (χ0n) is 62.6. The first-order chi connectivity index (χ1) is 48.7. The Morgan fingerprint density at radius 2 is 0.520 bits per heavy atom. The van der Waals surface area contributed by atoms with Gasteiger partial charge >= 0.3 is 39.5 Å². The molecule has 0 aromatic heterocycles. The highest BCUT2D eigenvalue weighted by Gasteiger charge is 2.30. The van der Waals surface area contributed by atoms with Gasteiger partial charge in [0.05, 0.1) is 26.4 Å². The van der Waals surface area contributed by atoms with Crippen molar-refractivity contribution in [3.63, 3.8) is 0 Å². The Morgan fingerprint density at radius 1 is 0.290 bits per heavy atom. The minimum Gasteiger partial charge on any atom is -0.462 e. The van der Waals surface area contributed by atoms with Gasteiger partial charge in [-0.1, -0.05) is 278 Å². The van der Waals surface area contributed by atoms with E-state index in [1.54, 1.807) is 0 Å². The molecule has 574 valence electrons. The smallest absolute Gasteiger partial charge is 0.462 e. The molecule has 0 radical (unpaired) electrons. The van der Waals surface area contributed by atoms with Gasteiger partial charge in [-0.2, -0.15) is 0 Å². The lowest BCUT2D eigenvalue weighted by Gasteiger charge is -2.21. The number of esters is 4. The first-order valence-electron chi connectivity index (χ1n) is 38.8. The highest BCUT2D eigenvalue weighted by Crippen LogP contribution is 2.45. The number of carbonyl (C=O) groups excluding carboxylic acids is 4. The molecule has 3 N–H and O–H groups in total. The van der Waals surface area contributed by atoms with Gasteiger partial charge < -0.3 is 33.8 Å². The molecule has 0 aliphatic rings. The fraction of sp³-hybridized carbons (Fsp3) is 0.704. The Kier molecular flexibility index (Phi) is 69.5. The quantitative estimate of drug-likeness (QED) is 0.0169. The monoisotopic (exact) mass is 1440 g/mol. The molecule has 0 aromatic rings. The molecule has 0 amide bonds. The molecule has 0 saturated carbocycles. The molecule has 17 nitrogen and oxygen atoms in total. The molecule has 0 aromatic carbocycles. The van der Waals surface area contributed by atoms with E-state index in [-0.39, 0.29) is 25.7 Å². The number of rotatable bonds is 72. The van der Waals surface area contributed by atoms with Crippen LogP contribution < -0.4 is 0 Å². The second-order valence-electron chi connectivity index (χ2n) is 25.5. The predicted octanol–water partition coefficient (Wildman–Crippen LogP) is 22.3. The van der Waals surface area contributed by atoms with Gasteiger partial charge in [0, 0.05) is 25.7 Å². The number of hydrogen-bond donors (Lipinski definition) is 3. The van der Waals surface area contributed by atoms with Crippen molar-refractivity contribution in [2.45, 2.75) is 329 Å². The van der Waals surface area contributed by atoms with Crippen molar-refractivity contribution >= 4 is 39.5 Å². The summed E-state index contributed by atoms with van der Waals surface area (Å²) in [5.74, 6) is -2.22. The SMILES string of the molecule is CC/C=C\C/C=C\C/C=C\C/C=C\CCCCCCCCC(=O)OCC(COP(=O)(O)OCC(O)COP(=O)(O)OCC(COC(=O)CCCCCCC/C=C\C/C=C\C/C=C\CC)OC(=O)CCCCCCC/C=C\C/C=C\C/C=C\CC)OC(=O)CCCCCCCCCCCCC. The molecule has 5 atom stereocenters. The maximum atomic E-state index is 13.1. The topological polar surface area (TPSA) is 237 Å². The molecule has 0 bridgehead atoms. The molecule has 0 saturated heterocycles. The van der Waals surface area contributed by atoms with Gasteiger partial charge in [-0.25, -0.2) is 9.13 Å². The third-order valence-corrected chi connectivity index (χ3v) is 17.8. The molecule has 5 unspecified atom stereocenters. The lowest BCUT2D eigenvalue weighted by Crippen LogP contribution is -2.30. The lowest BCUT2D eigenvalue weighted by molar-refractivity contribution is -0.161. The Balaban J connectivity index is 5.34. The van der Waals surface area contributed by atoms with Crippen LogP contribution in [0.2, 0.25) is 0 Å². The maximum Gasteiger partial charge on any atom is 0.472 e. The number of unbranched alkanes of at least 4 members (excludes halogenated alkanes) is 26. The van der Waals surface area contributed by atoms with Crippen LogP contribution in [-0.2, 0) is 65.4 Å². The zero-order chi connectivity index (χ0) is 73.2. The summed E-state index contributed by atoms with van der Waals surface area (Å²) >= 11 is 0. The Labute approximate surface area is 606 Å². The molecule has 0 heterocycles. The van der Waals surface area contributed by atoms with Crippen molar-refractivity contribution < 1.29 is 80.2 Å². The molecule has 100 heavy (non-hydrogen) atoms. The van der Waals surface area contributed by atoms with E-state index in [1.807, 2.05) is 0 Å². The van der Waals surface area contributed by atoms with Gasteiger partial charge in [-0.3, -0.25) is 37.3 Å². The molecule has 0 fully saturated rings. The van der Waals surface area contributed by atoms with Crippen LogP contribution in [0, 0.1) is 0 Å². The molecule has 19 heteroatoms. The zero-order valence-corrected chi connectivity index (χ0v) is 64.4. The van der Waals surface area contributed by atoms with Crippen LogP contribution in [0.1, 0.15) is 310 Å². The number of phosphoric ester groups is 2. The summed E-state index contributed by atoms with van der Waals surface area (Å²) in [6, 6.07) is 0. The fourth-order valence-electron chi connectivity index (χ4n) is 10.1. The Morgan fingerprint density at radius 3 is 0.800 bits per heavy atom. The number of allylic oxidation sites excluding steroid dienone is 20. The van der Waals surface area contributed by atoms with E-state index in [4.69, 9.17) is 37.0 Å². The van der Waals surface area contributed by atoms with E-state index in [1.165, 1.54) is 38.5 Å². The van der Waals surface area contributed by atoms with Gasteiger partial charge in [-0.15, -0.1) is 0 Å². The summed E-state index contributed by atoms with van der Waals surface area (Å²) in [6.45, 7) is 4.49. The second kappa shape index (κ2) is 72.8. The van der Waals surface area contributed by atoms with E-state index < -0.39 is 97.5 Å². The highest BCUT2D eigenvalue weighted by atomic mass is 31.2. The number of phosphoric acid groups is 2. The van der Waals surface area contributed by atoms with Crippen LogP contribution >= 0.6 is 15.6 Å². The number of hydrogen-bond acceptors (Lipinski definition) is 15. The molecular formula is C81H138O17P2. The van der Waals surface area contributed by atoms with E-state index in [2.05, 4.69) is 149 Å². The average molecular weight is 1450 g/mol. The van der Waals surface area contributed by atoms with Crippen LogP contribution in [0.4, 0.5) is 0 Å². The van der Waals surface area contributed by atoms with Crippen LogP contribution in [0.25, 0.3) is 0 Å². The predicted molar refractivity (Wildman–Crippen MR) is 408 cm³/mol. The van der Waals surface area contributed by atoms with Gasteiger partial charge in [0.1, 0.15) is 19.3 Å². The second-order valence-corrected chi connectivity index (χ2v) is 28.4. The van der Waals surface area contributed by atoms with E-state index in [9.17, 15) is 43.2 Å². The third kappa shape index (κ3) is 71.8. The van der Waals surface area contributed by atoms with E-state index in [0.717, 1.165) is 193 Å². The van der Waals surface area contributed by atoms with Gasteiger partial charge in [0.2, 0.25) is 0 Å². The van der Waals surface area contributed by atoms with Gasteiger partial charge in [0.15, 0.2) is 12.2 Å². The van der Waals surface area contributed by atoms with E-state index in [0.29, 0.717) is 25.7 Å². The van der Waals surface area contributed by atoms with Crippen molar-refractivity contribution in [1.82, 2.24) is 0 Å². The molecule has 0 spiro atoms. The highest BCUT2D eigenvalue weighted by molar-refractivity contribution is 7.47. The van der Waals surface area contributed by atoms with Crippen molar-refractivity contribution in [3.8, 4) is 0 Å². The first-order valence-corrected chi connectivity index (χ1v) is 41.8. The molecular weight excluding hydrogens is 1310 g/mol. The normalized spacial score (nSPS) is 14.6. The average Bonchev–Trinajstić information content (AvgIpc) is 0.953. The van der Waals surface area contributed by atoms with Crippen LogP contribution in [0.3, 0.4) is 0 Å².